The Labute approximate surface area is 220 Å². The largest absolute Gasteiger partial charge is 0.447 e. The second-order valence-electron chi connectivity index (χ2n) is 10.6. The van der Waals surface area contributed by atoms with Crippen LogP contribution in [0, 0.1) is 0 Å². The van der Waals surface area contributed by atoms with Crippen molar-refractivity contribution in [2.45, 2.75) is 115 Å². The highest BCUT2D eigenvalue weighted by atomic mass is 32.2. The van der Waals surface area contributed by atoms with Crippen LogP contribution in [-0.4, -0.2) is 37.4 Å². The molecule has 5 rings (SSSR count). The summed E-state index contributed by atoms with van der Waals surface area (Å²) >= 11 is 3.19. The maximum Gasteiger partial charge on any atom is 0.276 e. The summed E-state index contributed by atoms with van der Waals surface area (Å²) in [7, 11) is 0. The van der Waals surface area contributed by atoms with Crippen molar-refractivity contribution < 1.29 is 9.21 Å². The minimum Gasteiger partial charge on any atom is -0.447 e. The summed E-state index contributed by atoms with van der Waals surface area (Å²) in [5.41, 5.74) is 1.70. The first-order valence-corrected chi connectivity index (χ1v) is 15.1. The fourth-order valence-corrected chi connectivity index (χ4v) is 7.98. The monoisotopic (exact) mass is 528 g/mol. The summed E-state index contributed by atoms with van der Waals surface area (Å²) in [6, 6.07) is 0.339. The molecule has 2 aliphatic carbocycles. The molecule has 0 spiro atoms. The summed E-state index contributed by atoms with van der Waals surface area (Å²) in [6.07, 6.45) is 11.4. The number of carbonyl (C=O) groups excluding carboxylic acids is 1. The molecule has 3 aromatic heterocycles. The van der Waals surface area contributed by atoms with Gasteiger partial charge in [0.2, 0.25) is 5.89 Å². The highest BCUT2D eigenvalue weighted by Gasteiger charge is 2.28. The third kappa shape index (κ3) is 4.88. The molecule has 36 heavy (non-hydrogen) atoms. The Balaban J connectivity index is 1.45. The molecule has 9 heteroatoms. The second kappa shape index (κ2) is 10.7. The van der Waals surface area contributed by atoms with E-state index in [1.54, 1.807) is 11.3 Å². The van der Waals surface area contributed by atoms with E-state index in [0.717, 1.165) is 60.3 Å². The van der Waals surface area contributed by atoms with Gasteiger partial charge in [0.15, 0.2) is 10.9 Å². The Morgan fingerprint density at radius 2 is 1.83 bits per heavy atom. The lowest BCUT2D eigenvalue weighted by Crippen LogP contribution is -2.42. The first-order chi connectivity index (χ1) is 17.3. The molecule has 3 heterocycles. The van der Waals surface area contributed by atoms with Gasteiger partial charge in [-0.2, -0.15) is 0 Å². The molecular formula is C27H36N4O3S2. The second-order valence-corrected chi connectivity index (χ2v) is 12.6. The van der Waals surface area contributed by atoms with E-state index in [0.29, 0.717) is 17.3 Å². The van der Waals surface area contributed by atoms with Gasteiger partial charge >= 0.3 is 0 Å². The molecule has 0 aromatic carbocycles. The molecule has 1 fully saturated rings. The molecule has 1 amide bonds. The molecule has 0 N–H and O–H groups in total. The van der Waals surface area contributed by atoms with Gasteiger partial charge in [0, 0.05) is 23.0 Å². The molecule has 0 radical (unpaired) electrons. The van der Waals surface area contributed by atoms with Crippen LogP contribution < -0.4 is 5.56 Å². The minimum atomic E-state index is -0.122. The van der Waals surface area contributed by atoms with Gasteiger partial charge in [-0.05, 0) is 71.8 Å². The Bertz CT molecular complexity index is 1290. The topological polar surface area (TPSA) is 81.2 Å². The van der Waals surface area contributed by atoms with Crippen LogP contribution >= 0.6 is 23.1 Å². The van der Waals surface area contributed by atoms with Crippen molar-refractivity contribution in [1.82, 2.24) is 19.4 Å². The summed E-state index contributed by atoms with van der Waals surface area (Å²) in [4.78, 5) is 40.5. The molecule has 7 nitrogen and oxygen atoms in total. The van der Waals surface area contributed by atoms with Crippen LogP contribution in [0.3, 0.4) is 0 Å². The van der Waals surface area contributed by atoms with Gasteiger partial charge in [-0.3, -0.25) is 14.2 Å². The number of aromatic nitrogens is 3. The Kier molecular flexibility index (Phi) is 7.58. The van der Waals surface area contributed by atoms with Crippen molar-refractivity contribution in [2.75, 3.05) is 0 Å². The SMILES string of the molecule is CC(C)N(C(=O)c1coc(CSc2nc3sc4c(c3c(=O)n2C2CCCCC2)CCCC4)n1)C(C)C. The van der Waals surface area contributed by atoms with E-state index in [9.17, 15) is 9.59 Å². The van der Waals surface area contributed by atoms with Gasteiger partial charge in [-0.1, -0.05) is 31.0 Å². The first-order valence-electron chi connectivity index (χ1n) is 13.3. The van der Waals surface area contributed by atoms with Crippen molar-refractivity contribution >= 4 is 39.2 Å². The van der Waals surface area contributed by atoms with Crippen LogP contribution in [0.25, 0.3) is 10.2 Å². The number of rotatable bonds is 7. The third-order valence-electron chi connectivity index (χ3n) is 7.37. The van der Waals surface area contributed by atoms with E-state index in [1.807, 2.05) is 37.2 Å². The summed E-state index contributed by atoms with van der Waals surface area (Å²) in [5, 5.41) is 1.60. The zero-order valence-electron chi connectivity index (χ0n) is 21.7. The zero-order chi connectivity index (χ0) is 25.4. The summed E-state index contributed by atoms with van der Waals surface area (Å²) in [5.74, 6) is 0.778. The van der Waals surface area contributed by atoms with Gasteiger partial charge in [-0.15, -0.1) is 11.3 Å². The van der Waals surface area contributed by atoms with Crippen molar-refractivity contribution in [2.24, 2.45) is 0 Å². The molecular weight excluding hydrogens is 492 g/mol. The number of nitrogens with zero attached hydrogens (tertiary/aromatic N) is 4. The number of fused-ring (bicyclic) bond motifs is 3. The smallest absolute Gasteiger partial charge is 0.276 e. The lowest BCUT2D eigenvalue weighted by Gasteiger charge is -2.29. The fourth-order valence-electron chi connectivity index (χ4n) is 5.76. The van der Waals surface area contributed by atoms with E-state index < -0.39 is 0 Å². The Hall–Kier alpha value is -2.13. The first kappa shape index (κ1) is 25.5. The maximum atomic E-state index is 13.9. The summed E-state index contributed by atoms with van der Waals surface area (Å²) < 4.78 is 7.67. The van der Waals surface area contributed by atoms with E-state index in [4.69, 9.17) is 9.40 Å². The number of thioether (sulfide) groups is 1. The molecule has 1 saturated carbocycles. The fraction of sp³-hybridized carbons (Fsp3) is 0.630. The number of hydrogen-bond acceptors (Lipinski definition) is 7. The number of oxazole rings is 1. The highest BCUT2D eigenvalue weighted by Crippen LogP contribution is 2.37. The number of thiophene rings is 1. The number of amides is 1. The van der Waals surface area contributed by atoms with Crippen LogP contribution in [0.2, 0.25) is 0 Å². The molecule has 0 saturated heterocycles. The highest BCUT2D eigenvalue weighted by molar-refractivity contribution is 7.98. The van der Waals surface area contributed by atoms with Gasteiger partial charge < -0.3 is 9.32 Å². The standard InChI is InChI=1S/C27H36N4O3S2/c1-16(2)30(17(3)4)25(32)20-14-34-22(28-20)15-35-27-29-24-23(19-12-8-9-13-21(19)36-24)26(33)31(27)18-10-6-5-7-11-18/h14,16-18H,5-13,15H2,1-4H3. The van der Waals surface area contributed by atoms with Crippen LogP contribution in [0.4, 0.5) is 0 Å². The molecule has 194 valence electrons. The Morgan fingerprint density at radius 1 is 1.11 bits per heavy atom. The van der Waals surface area contributed by atoms with Crippen LogP contribution in [0.1, 0.15) is 106 Å². The number of carbonyl (C=O) groups is 1. The lowest BCUT2D eigenvalue weighted by atomic mass is 9.94. The Morgan fingerprint density at radius 3 is 2.56 bits per heavy atom. The van der Waals surface area contributed by atoms with Gasteiger partial charge in [-0.25, -0.2) is 9.97 Å². The molecule has 0 aliphatic heterocycles. The van der Waals surface area contributed by atoms with E-state index in [2.05, 4.69) is 4.98 Å². The van der Waals surface area contributed by atoms with Crippen molar-refractivity contribution in [1.29, 1.82) is 0 Å². The molecule has 0 bridgehead atoms. The maximum absolute atomic E-state index is 13.9. The predicted octanol–water partition coefficient (Wildman–Crippen LogP) is 6.38. The summed E-state index contributed by atoms with van der Waals surface area (Å²) in [6.45, 7) is 8.01. The van der Waals surface area contributed by atoms with Crippen molar-refractivity contribution in [3.63, 3.8) is 0 Å². The van der Waals surface area contributed by atoms with Crippen molar-refractivity contribution in [3.05, 3.63) is 38.6 Å². The third-order valence-corrected chi connectivity index (χ3v) is 9.49. The van der Waals surface area contributed by atoms with E-state index in [-0.39, 0.29) is 29.6 Å². The average Bonchev–Trinajstić information content (AvgIpc) is 3.47. The van der Waals surface area contributed by atoms with Gasteiger partial charge in [0.05, 0.1) is 11.1 Å². The average molecular weight is 529 g/mol. The van der Waals surface area contributed by atoms with Crippen molar-refractivity contribution in [3.8, 4) is 0 Å². The van der Waals surface area contributed by atoms with Crippen LogP contribution in [0.5, 0.6) is 0 Å². The van der Waals surface area contributed by atoms with Gasteiger partial charge in [0.25, 0.3) is 11.5 Å². The number of aryl methyl sites for hydroxylation is 2. The predicted molar refractivity (Wildman–Crippen MR) is 145 cm³/mol. The quantitative estimate of drug-likeness (QED) is 0.261. The lowest BCUT2D eigenvalue weighted by molar-refractivity contribution is 0.0637. The van der Waals surface area contributed by atoms with E-state index in [1.165, 1.54) is 41.3 Å². The number of hydrogen-bond donors (Lipinski definition) is 0. The van der Waals surface area contributed by atoms with Crippen LogP contribution in [0.15, 0.2) is 20.6 Å². The van der Waals surface area contributed by atoms with Crippen LogP contribution in [-0.2, 0) is 18.6 Å². The van der Waals surface area contributed by atoms with E-state index >= 15 is 0 Å². The molecule has 0 unspecified atom stereocenters. The van der Waals surface area contributed by atoms with Gasteiger partial charge in [0.1, 0.15) is 11.1 Å². The molecule has 2 aliphatic rings. The molecule has 0 atom stereocenters. The molecule has 3 aromatic rings. The normalized spacial score (nSPS) is 16.7. The zero-order valence-corrected chi connectivity index (χ0v) is 23.3. The minimum absolute atomic E-state index is 0.0736.